The van der Waals surface area contributed by atoms with Gasteiger partial charge < -0.3 is 4.74 Å². The smallest absolute Gasteiger partial charge is 0.341 e. The van der Waals surface area contributed by atoms with Crippen molar-refractivity contribution >= 4 is 27.8 Å². The number of aromatic nitrogens is 1. The van der Waals surface area contributed by atoms with Gasteiger partial charge in [0, 0.05) is 0 Å². The van der Waals surface area contributed by atoms with Gasteiger partial charge in [-0.05, 0) is 6.07 Å². The van der Waals surface area contributed by atoms with Crippen LogP contribution in [0.15, 0.2) is 17.2 Å². The number of halogens is 2. The molecule has 0 fully saturated rings. The molecule has 0 amide bonds. The monoisotopic (exact) mass is 253 g/mol. The molecule has 0 saturated carbocycles. The van der Waals surface area contributed by atoms with Gasteiger partial charge in [-0.2, -0.15) is 8.42 Å². The van der Waals surface area contributed by atoms with Crippen LogP contribution in [0.2, 0.25) is 5.15 Å². The van der Waals surface area contributed by atoms with Crippen molar-refractivity contribution in [2.24, 2.45) is 0 Å². The van der Waals surface area contributed by atoms with Gasteiger partial charge in [-0.15, -0.1) is 3.89 Å². The van der Waals surface area contributed by atoms with Crippen molar-refractivity contribution in [1.82, 2.24) is 4.98 Å². The number of methoxy groups -OCH3 is 1. The van der Waals surface area contributed by atoms with Crippen molar-refractivity contribution in [1.29, 1.82) is 0 Å². The fourth-order valence-corrected chi connectivity index (χ4v) is 1.43. The van der Waals surface area contributed by atoms with E-state index >= 15 is 0 Å². The molecule has 0 aromatic carbocycles. The quantitative estimate of drug-likeness (QED) is 0.450. The number of ether oxygens (including phenoxy) is 1. The highest BCUT2D eigenvalue weighted by Gasteiger charge is 2.19. The summed E-state index contributed by atoms with van der Waals surface area (Å²) in [6, 6.07) is 0.760. The molecule has 1 rings (SSSR count). The van der Waals surface area contributed by atoms with Gasteiger partial charge >= 0.3 is 16.2 Å². The van der Waals surface area contributed by atoms with E-state index < -0.39 is 21.1 Å². The average molecular weight is 254 g/mol. The average Bonchev–Trinajstić information content (AvgIpc) is 2.15. The van der Waals surface area contributed by atoms with Crippen LogP contribution in [0.3, 0.4) is 0 Å². The molecule has 1 heterocycles. The van der Waals surface area contributed by atoms with Crippen molar-refractivity contribution in [3.63, 3.8) is 0 Å². The summed E-state index contributed by atoms with van der Waals surface area (Å²) in [4.78, 5) is 13.7. The highest BCUT2D eigenvalue weighted by atomic mass is 35.5. The van der Waals surface area contributed by atoms with Gasteiger partial charge in [0.05, 0.1) is 18.9 Å². The van der Waals surface area contributed by atoms with Crippen LogP contribution in [0.5, 0.6) is 0 Å². The molecule has 0 unspecified atom stereocenters. The molecule has 0 saturated heterocycles. The Hall–Kier alpha value is -1.21. The Morgan fingerprint density at radius 2 is 2.20 bits per heavy atom. The van der Waals surface area contributed by atoms with E-state index in [0.29, 0.717) is 6.20 Å². The number of carbonyl (C=O) groups is 1. The summed E-state index contributed by atoms with van der Waals surface area (Å²) in [5.41, 5.74) is -0.308. The molecule has 0 spiro atoms. The van der Waals surface area contributed by atoms with Crippen molar-refractivity contribution in [3.8, 4) is 0 Å². The van der Waals surface area contributed by atoms with Crippen molar-refractivity contribution < 1.29 is 21.8 Å². The number of carbonyl (C=O) groups excluding carboxylic acids is 1. The predicted molar refractivity (Wildman–Crippen MR) is 48.9 cm³/mol. The molecule has 5 nitrogen and oxygen atoms in total. The zero-order valence-electron chi connectivity index (χ0n) is 7.40. The van der Waals surface area contributed by atoms with Crippen LogP contribution >= 0.6 is 11.6 Å². The Morgan fingerprint density at radius 3 is 2.67 bits per heavy atom. The van der Waals surface area contributed by atoms with Gasteiger partial charge in [0.15, 0.2) is 0 Å². The second-order valence-corrected chi connectivity index (χ2v) is 4.14. The Balaban J connectivity index is 3.36. The summed E-state index contributed by atoms with van der Waals surface area (Å²) in [6.45, 7) is 0. The first-order chi connectivity index (χ1) is 6.86. The second kappa shape index (κ2) is 4.11. The minimum Gasteiger partial charge on any atom is -0.465 e. The van der Waals surface area contributed by atoms with Gasteiger partial charge in [0.1, 0.15) is 10.0 Å². The van der Waals surface area contributed by atoms with Crippen LogP contribution < -0.4 is 0 Å². The maximum absolute atomic E-state index is 12.5. The molecule has 0 N–H and O–H groups in total. The molecule has 8 heteroatoms. The molecule has 15 heavy (non-hydrogen) atoms. The largest absolute Gasteiger partial charge is 0.465 e. The molecule has 1 aromatic rings. The lowest BCUT2D eigenvalue weighted by Crippen LogP contribution is -2.05. The summed E-state index contributed by atoms with van der Waals surface area (Å²) in [6.07, 6.45) is 0.712. The first-order valence-corrected chi connectivity index (χ1v) is 5.31. The van der Waals surface area contributed by atoms with Crippen LogP contribution in [0.1, 0.15) is 10.4 Å². The minimum absolute atomic E-state index is 0.255. The highest BCUT2D eigenvalue weighted by Crippen LogP contribution is 2.19. The number of pyridine rings is 1. The van der Waals surface area contributed by atoms with Gasteiger partial charge in [0.2, 0.25) is 0 Å². The van der Waals surface area contributed by atoms with E-state index in [2.05, 4.69) is 9.72 Å². The van der Waals surface area contributed by atoms with E-state index in [1.165, 1.54) is 0 Å². The maximum Gasteiger partial charge on any atom is 0.341 e. The Bertz CT molecular complexity index is 502. The number of hydrogen-bond donors (Lipinski definition) is 0. The number of nitrogens with zero attached hydrogens (tertiary/aromatic N) is 1. The zero-order valence-corrected chi connectivity index (χ0v) is 8.97. The number of rotatable bonds is 2. The Labute approximate surface area is 90.0 Å². The molecule has 82 valence electrons. The molecular weight excluding hydrogens is 249 g/mol. The molecule has 0 radical (unpaired) electrons. The third-order valence-electron chi connectivity index (χ3n) is 1.50. The van der Waals surface area contributed by atoms with Crippen LogP contribution in [-0.2, 0) is 15.0 Å². The van der Waals surface area contributed by atoms with Gasteiger partial charge in [-0.25, -0.2) is 9.78 Å². The molecule has 1 aromatic heterocycles. The van der Waals surface area contributed by atoms with E-state index in [9.17, 15) is 17.1 Å². The first kappa shape index (κ1) is 11.9. The van der Waals surface area contributed by atoms with Crippen LogP contribution in [-0.4, -0.2) is 26.5 Å². The maximum atomic E-state index is 12.5. The zero-order chi connectivity index (χ0) is 11.6. The van der Waals surface area contributed by atoms with Crippen LogP contribution in [0.25, 0.3) is 0 Å². The summed E-state index contributed by atoms with van der Waals surface area (Å²) in [5, 5.41) is -0.255. The fraction of sp³-hybridized carbons (Fsp3) is 0.143. The summed E-state index contributed by atoms with van der Waals surface area (Å²) in [5.74, 6) is -0.891. The summed E-state index contributed by atoms with van der Waals surface area (Å²) < 4.78 is 37.9. The van der Waals surface area contributed by atoms with Gasteiger partial charge in [-0.1, -0.05) is 11.6 Å². The Kier molecular flexibility index (Phi) is 3.25. The predicted octanol–water partition coefficient (Wildman–Crippen LogP) is 1.18. The third-order valence-corrected chi connectivity index (χ3v) is 2.59. The molecule has 0 atom stereocenters. The normalized spacial score (nSPS) is 11.1. The SMILES string of the molecule is COC(=O)c1cc(S(=O)(=O)F)cnc1Cl. The molecule has 0 bridgehead atoms. The van der Waals surface area contributed by atoms with E-state index in [0.717, 1.165) is 13.2 Å². The van der Waals surface area contributed by atoms with Crippen molar-refractivity contribution in [2.75, 3.05) is 7.11 Å². The molecule has 0 aliphatic heterocycles. The minimum atomic E-state index is -4.91. The van der Waals surface area contributed by atoms with E-state index in [4.69, 9.17) is 11.6 Å². The number of esters is 1. The van der Waals surface area contributed by atoms with E-state index in [-0.39, 0.29) is 10.7 Å². The topological polar surface area (TPSA) is 73.3 Å². The molecule has 0 aliphatic rings. The Morgan fingerprint density at radius 1 is 1.60 bits per heavy atom. The lowest BCUT2D eigenvalue weighted by Gasteiger charge is -2.02. The van der Waals surface area contributed by atoms with Gasteiger partial charge in [-0.3, -0.25) is 0 Å². The van der Waals surface area contributed by atoms with Crippen molar-refractivity contribution in [3.05, 3.63) is 23.0 Å². The molecule has 0 aliphatic carbocycles. The lowest BCUT2D eigenvalue weighted by atomic mass is 10.3. The summed E-state index contributed by atoms with van der Waals surface area (Å²) >= 11 is 5.49. The van der Waals surface area contributed by atoms with Crippen LogP contribution in [0, 0.1) is 0 Å². The standard InChI is InChI=1S/C7H5ClFNO4S/c1-14-7(11)5-2-4(15(9,12)13)3-10-6(5)8/h2-3H,1H3. The highest BCUT2D eigenvalue weighted by molar-refractivity contribution is 7.86. The van der Waals surface area contributed by atoms with E-state index in [1.807, 2.05) is 0 Å². The number of hydrogen-bond acceptors (Lipinski definition) is 5. The summed E-state index contributed by atoms with van der Waals surface area (Å²) in [7, 11) is -3.83. The first-order valence-electron chi connectivity index (χ1n) is 3.55. The third kappa shape index (κ3) is 2.63. The lowest BCUT2D eigenvalue weighted by molar-refractivity contribution is 0.0600. The fourth-order valence-electron chi connectivity index (χ4n) is 0.815. The second-order valence-electron chi connectivity index (χ2n) is 2.44. The van der Waals surface area contributed by atoms with Gasteiger partial charge in [0.25, 0.3) is 0 Å². The van der Waals surface area contributed by atoms with Crippen molar-refractivity contribution in [2.45, 2.75) is 4.90 Å². The van der Waals surface area contributed by atoms with Crippen LogP contribution in [0.4, 0.5) is 3.89 Å². The molecular formula is C7H5ClFNO4S. The van der Waals surface area contributed by atoms with E-state index in [1.54, 1.807) is 0 Å².